The summed E-state index contributed by atoms with van der Waals surface area (Å²) in [6, 6.07) is 2.13. The van der Waals surface area contributed by atoms with Crippen molar-refractivity contribution in [3.63, 3.8) is 0 Å². The normalized spacial score (nSPS) is 15.4. The fourth-order valence-electron chi connectivity index (χ4n) is 1.90. The number of likely N-dealkylation sites (N-methyl/N-ethyl adjacent to an activating group) is 1. The first-order valence-electron chi connectivity index (χ1n) is 5.60. The van der Waals surface area contributed by atoms with Crippen LogP contribution in [0.2, 0.25) is 5.02 Å². The van der Waals surface area contributed by atoms with Gasteiger partial charge in [0, 0.05) is 12.0 Å². The topological polar surface area (TPSA) is 21.3 Å². The summed E-state index contributed by atoms with van der Waals surface area (Å²) in [5.74, 6) is 0.451. The molecule has 92 valence electrons. The smallest absolute Gasteiger partial charge is 0.0797 e. The first kappa shape index (κ1) is 14.0. The van der Waals surface area contributed by atoms with E-state index in [1.54, 1.807) is 18.4 Å². The summed E-state index contributed by atoms with van der Waals surface area (Å²) in [7, 11) is 1.76. The molecule has 0 aliphatic carbocycles. The molecule has 4 heteroatoms. The van der Waals surface area contributed by atoms with Crippen LogP contribution in [0.1, 0.15) is 31.7 Å². The van der Waals surface area contributed by atoms with Gasteiger partial charge in [-0.1, -0.05) is 32.4 Å². The maximum absolute atomic E-state index is 6.19. The molecular formula is C12H20ClNOS. The van der Waals surface area contributed by atoms with Crippen molar-refractivity contribution < 1.29 is 4.74 Å². The van der Waals surface area contributed by atoms with Crippen molar-refractivity contribution in [2.45, 2.75) is 32.9 Å². The van der Waals surface area contributed by atoms with Gasteiger partial charge in [0.2, 0.25) is 0 Å². The Morgan fingerprint density at radius 3 is 2.56 bits per heavy atom. The predicted octanol–water partition coefficient (Wildman–Crippen LogP) is 3.72. The first-order valence-corrected chi connectivity index (χ1v) is 6.86. The monoisotopic (exact) mass is 261 g/mol. The van der Waals surface area contributed by atoms with Crippen LogP contribution in [0.5, 0.6) is 0 Å². The molecule has 0 bridgehead atoms. The molecule has 0 spiro atoms. The van der Waals surface area contributed by atoms with Crippen LogP contribution in [0.4, 0.5) is 0 Å². The molecule has 1 aromatic heterocycles. The fraction of sp³-hybridized carbons (Fsp3) is 0.667. The Hall–Kier alpha value is -0.0900. The number of nitrogens with one attached hydrogen (secondary N) is 1. The molecule has 2 unspecified atom stereocenters. The van der Waals surface area contributed by atoms with Crippen LogP contribution in [0.15, 0.2) is 11.4 Å². The van der Waals surface area contributed by atoms with E-state index in [1.165, 1.54) is 4.88 Å². The van der Waals surface area contributed by atoms with E-state index in [0.29, 0.717) is 5.92 Å². The second kappa shape index (κ2) is 6.60. The van der Waals surface area contributed by atoms with Crippen LogP contribution in [-0.4, -0.2) is 19.8 Å². The van der Waals surface area contributed by atoms with E-state index in [1.807, 2.05) is 11.4 Å². The van der Waals surface area contributed by atoms with Gasteiger partial charge in [-0.2, -0.15) is 0 Å². The SMILES string of the molecule is CCNC(c1sccc1Cl)C(OC)C(C)C. The van der Waals surface area contributed by atoms with Crippen molar-refractivity contribution in [2.75, 3.05) is 13.7 Å². The first-order chi connectivity index (χ1) is 7.61. The molecular weight excluding hydrogens is 242 g/mol. The highest BCUT2D eigenvalue weighted by atomic mass is 35.5. The minimum atomic E-state index is 0.149. The molecule has 0 saturated carbocycles. The highest BCUT2D eigenvalue weighted by molar-refractivity contribution is 7.10. The van der Waals surface area contributed by atoms with Gasteiger partial charge < -0.3 is 10.1 Å². The van der Waals surface area contributed by atoms with Gasteiger partial charge in [-0.25, -0.2) is 0 Å². The van der Waals surface area contributed by atoms with Crippen LogP contribution in [0.3, 0.4) is 0 Å². The largest absolute Gasteiger partial charge is 0.379 e. The molecule has 2 nitrogen and oxygen atoms in total. The van der Waals surface area contributed by atoms with Crippen molar-refractivity contribution in [3.05, 3.63) is 21.3 Å². The predicted molar refractivity (Wildman–Crippen MR) is 71.4 cm³/mol. The summed E-state index contributed by atoms with van der Waals surface area (Å²) in [5.41, 5.74) is 0. The van der Waals surface area contributed by atoms with Crippen LogP contribution >= 0.6 is 22.9 Å². The van der Waals surface area contributed by atoms with E-state index < -0.39 is 0 Å². The van der Waals surface area contributed by atoms with Gasteiger partial charge in [-0.3, -0.25) is 0 Å². The van der Waals surface area contributed by atoms with E-state index in [-0.39, 0.29) is 12.1 Å². The zero-order valence-electron chi connectivity index (χ0n) is 10.3. The lowest BCUT2D eigenvalue weighted by atomic mass is 9.98. The lowest BCUT2D eigenvalue weighted by molar-refractivity contribution is 0.0341. The Balaban J connectivity index is 2.93. The van der Waals surface area contributed by atoms with E-state index in [4.69, 9.17) is 16.3 Å². The van der Waals surface area contributed by atoms with Gasteiger partial charge in [0.05, 0.1) is 17.2 Å². The van der Waals surface area contributed by atoms with Crippen molar-refractivity contribution >= 4 is 22.9 Å². The standard InChI is InChI=1S/C12H20ClNOS/c1-5-14-10(11(15-4)8(2)3)12-9(13)6-7-16-12/h6-8,10-11,14H,5H2,1-4H3. The van der Waals surface area contributed by atoms with Crippen LogP contribution in [-0.2, 0) is 4.74 Å². The second-order valence-electron chi connectivity index (χ2n) is 4.11. The fourth-order valence-corrected chi connectivity index (χ4v) is 3.18. The molecule has 1 N–H and O–H groups in total. The summed E-state index contributed by atoms with van der Waals surface area (Å²) in [4.78, 5) is 1.17. The Morgan fingerprint density at radius 1 is 1.50 bits per heavy atom. The highest BCUT2D eigenvalue weighted by Gasteiger charge is 2.27. The number of halogens is 1. The average molecular weight is 262 g/mol. The van der Waals surface area contributed by atoms with Gasteiger partial charge in [-0.05, 0) is 23.9 Å². The lowest BCUT2D eigenvalue weighted by Gasteiger charge is -2.29. The van der Waals surface area contributed by atoms with Crippen molar-refractivity contribution in [2.24, 2.45) is 5.92 Å². The van der Waals surface area contributed by atoms with E-state index in [2.05, 4.69) is 26.1 Å². The minimum Gasteiger partial charge on any atom is -0.379 e. The molecule has 1 heterocycles. The molecule has 0 fully saturated rings. The summed E-state index contributed by atoms with van der Waals surface area (Å²) in [5, 5.41) is 6.31. The van der Waals surface area contributed by atoms with Crippen LogP contribution in [0.25, 0.3) is 0 Å². The zero-order valence-corrected chi connectivity index (χ0v) is 11.9. The molecule has 0 aromatic carbocycles. The van der Waals surface area contributed by atoms with Gasteiger partial charge in [-0.15, -0.1) is 11.3 Å². The summed E-state index contributed by atoms with van der Waals surface area (Å²) in [6.45, 7) is 7.34. The Bertz CT molecular complexity index is 314. The molecule has 1 aromatic rings. The molecule has 1 rings (SSSR count). The quantitative estimate of drug-likeness (QED) is 0.843. The minimum absolute atomic E-state index is 0.149. The molecule has 0 amide bonds. The summed E-state index contributed by atoms with van der Waals surface area (Å²) in [6.07, 6.45) is 0.149. The maximum Gasteiger partial charge on any atom is 0.0797 e. The zero-order chi connectivity index (χ0) is 12.1. The average Bonchev–Trinajstić information content (AvgIpc) is 2.63. The number of ether oxygens (including phenoxy) is 1. The van der Waals surface area contributed by atoms with Gasteiger partial charge in [0.25, 0.3) is 0 Å². The number of hydrogen-bond acceptors (Lipinski definition) is 3. The summed E-state index contributed by atoms with van der Waals surface area (Å²) >= 11 is 7.88. The third-order valence-corrected chi connectivity index (χ3v) is 4.05. The second-order valence-corrected chi connectivity index (χ2v) is 5.47. The van der Waals surface area contributed by atoms with E-state index in [9.17, 15) is 0 Å². The van der Waals surface area contributed by atoms with E-state index >= 15 is 0 Å². The third kappa shape index (κ3) is 3.20. The Morgan fingerprint density at radius 2 is 2.19 bits per heavy atom. The molecule has 0 radical (unpaired) electrons. The van der Waals surface area contributed by atoms with Crippen molar-refractivity contribution in [3.8, 4) is 0 Å². The Labute approximate surface area is 107 Å². The van der Waals surface area contributed by atoms with Crippen molar-refractivity contribution in [1.29, 1.82) is 0 Å². The molecule has 0 aliphatic rings. The highest BCUT2D eigenvalue weighted by Crippen LogP contribution is 2.33. The van der Waals surface area contributed by atoms with Gasteiger partial charge in [0.15, 0.2) is 0 Å². The lowest BCUT2D eigenvalue weighted by Crippen LogP contribution is -2.36. The van der Waals surface area contributed by atoms with Crippen LogP contribution < -0.4 is 5.32 Å². The third-order valence-electron chi connectivity index (χ3n) is 2.61. The molecule has 0 aliphatic heterocycles. The Kier molecular flexibility index (Phi) is 5.76. The maximum atomic E-state index is 6.19. The van der Waals surface area contributed by atoms with Gasteiger partial charge in [0.1, 0.15) is 0 Å². The number of rotatable bonds is 6. The van der Waals surface area contributed by atoms with Crippen molar-refractivity contribution in [1.82, 2.24) is 5.32 Å². The molecule has 0 saturated heterocycles. The number of methoxy groups -OCH3 is 1. The molecule has 2 atom stereocenters. The van der Waals surface area contributed by atoms with Crippen LogP contribution in [0, 0.1) is 5.92 Å². The number of hydrogen-bond donors (Lipinski definition) is 1. The number of thiophene rings is 1. The van der Waals surface area contributed by atoms with E-state index in [0.717, 1.165) is 11.6 Å². The molecule has 16 heavy (non-hydrogen) atoms. The summed E-state index contributed by atoms with van der Waals surface area (Å²) < 4.78 is 5.59. The van der Waals surface area contributed by atoms with Gasteiger partial charge >= 0.3 is 0 Å².